The summed E-state index contributed by atoms with van der Waals surface area (Å²) in [6.45, 7) is 17.7. The van der Waals surface area contributed by atoms with E-state index in [0.29, 0.717) is 0 Å². The number of nitrogens with zero attached hydrogens (tertiary/aromatic N) is 3. The summed E-state index contributed by atoms with van der Waals surface area (Å²) in [6.07, 6.45) is 17.1. The van der Waals surface area contributed by atoms with E-state index in [1.54, 1.807) is 33.2 Å². The van der Waals surface area contributed by atoms with Crippen molar-refractivity contribution in [3.8, 4) is 0 Å². The highest BCUT2D eigenvalue weighted by Crippen LogP contribution is 2.16. The topological polar surface area (TPSA) is 94.3 Å². The molecule has 0 spiro atoms. The molecule has 0 aliphatic carbocycles. The zero-order valence-corrected chi connectivity index (χ0v) is 26.3. The van der Waals surface area contributed by atoms with Gasteiger partial charge in [0.15, 0.2) is 11.4 Å². The summed E-state index contributed by atoms with van der Waals surface area (Å²) in [5.74, 6) is -0.839. The fraction of sp³-hybridized carbons (Fsp3) is 0.412. The maximum absolute atomic E-state index is 11.1. The number of aromatic nitrogens is 3. The van der Waals surface area contributed by atoms with Crippen LogP contribution >= 0.6 is 0 Å². The molecule has 0 bridgehead atoms. The van der Waals surface area contributed by atoms with Crippen LogP contribution in [-0.2, 0) is 27.5 Å². The van der Waals surface area contributed by atoms with Gasteiger partial charge in [-0.25, -0.2) is 9.78 Å². The van der Waals surface area contributed by atoms with Crippen LogP contribution in [0.2, 0.25) is 0 Å². The van der Waals surface area contributed by atoms with E-state index in [-0.39, 0.29) is 12.4 Å². The number of rotatable bonds is 11. The highest BCUT2D eigenvalue weighted by atomic mass is 16.5. The average Bonchev–Trinajstić information content (AvgIpc) is 3.40. The molecule has 7 nitrogen and oxygen atoms in total. The van der Waals surface area contributed by atoms with Crippen LogP contribution < -0.4 is 0 Å². The number of ether oxygens (including phenoxy) is 1. The van der Waals surface area contributed by atoms with E-state index in [9.17, 15) is 9.59 Å². The number of aryl methyl sites for hydroxylation is 1. The first-order valence-corrected chi connectivity index (χ1v) is 14.4. The van der Waals surface area contributed by atoms with Crippen LogP contribution in [-0.4, -0.2) is 37.0 Å². The third kappa shape index (κ3) is 13.9. The Hall–Kier alpha value is -3.84. The van der Waals surface area contributed by atoms with E-state index in [4.69, 9.17) is 9.84 Å². The highest BCUT2D eigenvalue weighted by molar-refractivity contribution is 5.95. The van der Waals surface area contributed by atoms with Crippen LogP contribution in [0, 0.1) is 0 Å². The summed E-state index contributed by atoms with van der Waals surface area (Å²) in [7, 11) is 0. The molecule has 0 atom stereocenters. The van der Waals surface area contributed by atoms with E-state index >= 15 is 0 Å². The molecule has 224 valence electrons. The van der Waals surface area contributed by atoms with Crippen LogP contribution in [0.3, 0.4) is 0 Å². The second kappa shape index (κ2) is 21.0. The molecule has 0 aliphatic rings. The van der Waals surface area contributed by atoms with Crippen LogP contribution in [0.5, 0.6) is 0 Å². The highest BCUT2D eigenvalue weighted by Gasteiger charge is 2.27. The largest absolute Gasteiger partial charge is 0.479 e. The zero-order valence-electron chi connectivity index (χ0n) is 26.3. The van der Waals surface area contributed by atoms with Gasteiger partial charge in [0.1, 0.15) is 5.52 Å². The maximum atomic E-state index is 11.1. The Morgan fingerprint density at radius 3 is 2.41 bits per heavy atom. The number of hydrogen-bond acceptors (Lipinski definition) is 5. The van der Waals surface area contributed by atoms with Gasteiger partial charge in [0.25, 0.3) is 0 Å². The lowest BCUT2D eigenvalue weighted by atomic mass is 10.1. The summed E-state index contributed by atoms with van der Waals surface area (Å²) >= 11 is 0. The summed E-state index contributed by atoms with van der Waals surface area (Å²) in [5, 5.41) is 9.12. The predicted molar refractivity (Wildman–Crippen MR) is 171 cm³/mol. The first-order valence-electron chi connectivity index (χ1n) is 14.4. The molecular weight excluding hydrogens is 514 g/mol. The maximum Gasteiger partial charge on any atom is 0.335 e. The Kier molecular flexibility index (Phi) is 19.0. The van der Waals surface area contributed by atoms with Crippen LogP contribution in [0.25, 0.3) is 17.1 Å². The standard InChI is InChI=1S/C21H23N3O3.C9H14O.2C2H6/c1-21(2,20(25)26)27-14-17-8-5-7-16(12-17)6-3-4-11-24-15-23-18-13-22-10-9-19(18)24;1-4-6-7-9(5-2)8(3)10;2*1-2/h3,5-10,12-13,15H,4,11,14H2,1-2H3,(H,25,26);5-7H,4H2,1-3H3;2*1-2H3/b;7-6-,9-5+;;. The molecule has 0 radical (unpaired) electrons. The van der Waals surface area contributed by atoms with E-state index in [0.717, 1.165) is 47.1 Å². The van der Waals surface area contributed by atoms with Gasteiger partial charge in [-0.1, -0.05) is 83.2 Å². The number of imidazole rings is 1. The van der Waals surface area contributed by atoms with Crippen molar-refractivity contribution in [3.05, 3.63) is 90.1 Å². The van der Waals surface area contributed by atoms with Gasteiger partial charge in [0.2, 0.25) is 0 Å². The summed E-state index contributed by atoms with van der Waals surface area (Å²) < 4.78 is 7.62. The SMILES string of the molecule is C/C=C(\C=C/CC)C(C)=O.CC.CC.CC(C)(OCc1cccc(C=CCCn2cnc3cnccc32)c1)C(=O)O. The number of hydrogen-bond donors (Lipinski definition) is 1. The van der Waals surface area contributed by atoms with Crippen molar-refractivity contribution < 1.29 is 19.4 Å². The number of carboxylic acid groups (broad SMARTS) is 1. The molecular formula is C34H49N3O4. The van der Waals surface area contributed by atoms with Gasteiger partial charge in [0, 0.05) is 18.3 Å². The molecule has 0 unspecified atom stereocenters. The minimum absolute atomic E-state index is 0.132. The number of aliphatic carboxylic acids is 1. The normalized spacial score (nSPS) is 11.3. The first kappa shape index (κ1) is 37.2. The Labute approximate surface area is 246 Å². The monoisotopic (exact) mass is 563 g/mol. The second-order valence-electron chi connectivity index (χ2n) is 8.95. The molecule has 0 aliphatic heterocycles. The number of carbonyl (C=O) groups is 2. The van der Waals surface area contributed by atoms with Crippen molar-refractivity contribution in [1.82, 2.24) is 14.5 Å². The van der Waals surface area contributed by atoms with Crippen LogP contribution in [0.15, 0.2) is 78.9 Å². The fourth-order valence-electron chi connectivity index (χ4n) is 3.30. The molecule has 0 amide bonds. The van der Waals surface area contributed by atoms with Gasteiger partial charge in [-0.05, 0) is 63.8 Å². The van der Waals surface area contributed by atoms with Crippen molar-refractivity contribution in [1.29, 1.82) is 0 Å². The Morgan fingerprint density at radius 2 is 1.80 bits per heavy atom. The van der Waals surface area contributed by atoms with Crippen LogP contribution in [0.4, 0.5) is 0 Å². The Balaban J connectivity index is 0.000000965. The predicted octanol–water partition coefficient (Wildman–Crippen LogP) is 8.45. The molecule has 1 aromatic carbocycles. The third-order valence-corrected chi connectivity index (χ3v) is 5.59. The summed E-state index contributed by atoms with van der Waals surface area (Å²) in [4.78, 5) is 30.3. The van der Waals surface area contributed by atoms with E-state index in [2.05, 4.69) is 26.7 Å². The lowest BCUT2D eigenvalue weighted by molar-refractivity contribution is -0.162. The van der Waals surface area contributed by atoms with Crippen molar-refractivity contribution in [3.63, 3.8) is 0 Å². The van der Waals surface area contributed by atoms with Crippen LogP contribution in [0.1, 0.15) is 86.3 Å². The molecule has 7 heteroatoms. The van der Waals surface area contributed by atoms with Gasteiger partial charge < -0.3 is 14.4 Å². The Morgan fingerprint density at radius 1 is 1.10 bits per heavy atom. The van der Waals surface area contributed by atoms with Crippen molar-refractivity contribution in [2.24, 2.45) is 0 Å². The third-order valence-electron chi connectivity index (χ3n) is 5.59. The average molecular weight is 564 g/mol. The van der Waals surface area contributed by atoms with Crippen molar-refractivity contribution in [2.75, 3.05) is 0 Å². The molecule has 1 N–H and O–H groups in total. The number of benzene rings is 1. The van der Waals surface area contributed by atoms with Gasteiger partial charge in [-0.15, -0.1) is 0 Å². The van der Waals surface area contributed by atoms with Gasteiger partial charge in [0.05, 0.1) is 24.6 Å². The number of carbonyl (C=O) groups excluding carboxylic acids is 1. The van der Waals surface area contributed by atoms with E-state index < -0.39 is 11.6 Å². The number of carboxylic acids is 1. The lowest BCUT2D eigenvalue weighted by Gasteiger charge is -2.20. The number of fused-ring (bicyclic) bond motifs is 1. The summed E-state index contributed by atoms with van der Waals surface area (Å²) in [6, 6.07) is 9.87. The fourth-order valence-corrected chi connectivity index (χ4v) is 3.30. The zero-order chi connectivity index (χ0) is 31.3. The minimum atomic E-state index is -1.20. The number of Topliss-reactive ketones (excluding diaryl/α,β-unsaturated/α-hetero) is 1. The molecule has 0 saturated carbocycles. The smallest absolute Gasteiger partial charge is 0.335 e. The summed E-state index contributed by atoms with van der Waals surface area (Å²) in [5.41, 5.74) is 3.58. The molecule has 41 heavy (non-hydrogen) atoms. The first-order chi connectivity index (χ1) is 19.7. The van der Waals surface area contributed by atoms with E-state index in [1.165, 1.54) is 0 Å². The van der Waals surface area contributed by atoms with Gasteiger partial charge in [-0.2, -0.15) is 0 Å². The van der Waals surface area contributed by atoms with Crippen molar-refractivity contribution in [2.45, 2.75) is 93.9 Å². The van der Waals surface area contributed by atoms with Crippen molar-refractivity contribution >= 4 is 28.9 Å². The quantitative estimate of drug-likeness (QED) is 0.186. The molecule has 0 saturated heterocycles. The number of pyridine rings is 1. The molecule has 3 rings (SSSR count). The minimum Gasteiger partial charge on any atom is -0.479 e. The second-order valence-corrected chi connectivity index (χ2v) is 8.95. The van der Waals surface area contributed by atoms with E-state index in [1.807, 2.05) is 96.4 Å². The molecule has 2 aromatic heterocycles. The number of ketones is 1. The molecule has 3 aromatic rings. The molecule has 0 fully saturated rings. The number of allylic oxidation sites excluding steroid dienone is 5. The Bertz CT molecular complexity index is 1270. The van der Waals surface area contributed by atoms with Gasteiger partial charge in [-0.3, -0.25) is 9.78 Å². The lowest BCUT2D eigenvalue weighted by Crippen LogP contribution is -2.34. The molecule has 2 heterocycles. The van der Waals surface area contributed by atoms with Gasteiger partial charge >= 0.3 is 5.97 Å².